The van der Waals surface area contributed by atoms with Crippen molar-refractivity contribution in [1.29, 1.82) is 0 Å². The van der Waals surface area contributed by atoms with Crippen LogP contribution in [0.4, 0.5) is 0 Å². The monoisotopic (exact) mass is 174 g/mol. The number of hydrogen-bond donors (Lipinski definition) is 0. The highest BCUT2D eigenvalue weighted by Crippen LogP contribution is 2.15. The number of benzene rings is 1. The molecule has 0 spiro atoms. The molecular weight excluding hydrogens is 170 g/mol. The minimum atomic E-state index is 0.437. The van der Waals surface area contributed by atoms with Gasteiger partial charge in [0, 0.05) is 5.39 Å². The molecule has 1 aromatic heterocycles. The van der Waals surface area contributed by atoms with Crippen LogP contribution in [0, 0.1) is 0 Å². The van der Waals surface area contributed by atoms with Gasteiger partial charge in [-0.1, -0.05) is 29.2 Å². The van der Waals surface area contributed by atoms with Crippen molar-refractivity contribution < 1.29 is 0 Å². The molecule has 0 bridgehead atoms. The van der Waals surface area contributed by atoms with E-state index in [0.29, 0.717) is 16.1 Å². The molecule has 0 unspecified atom stereocenters. The van der Waals surface area contributed by atoms with Gasteiger partial charge in [0.05, 0.1) is 5.52 Å². The molecule has 56 valence electrons. The van der Waals surface area contributed by atoms with Crippen LogP contribution in [0.3, 0.4) is 0 Å². The summed E-state index contributed by atoms with van der Waals surface area (Å²) in [6.07, 6.45) is 1.40. The van der Waals surface area contributed by atoms with Crippen molar-refractivity contribution in [2.24, 2.45) is 0 Å². The Labute approximate surface area is 76.0 Å². The van der Waals surface area contributed by atoms with Gasteiger partial charge < -0.3 is 0 Å². The lowest BCUT2D eigenvalue weighted by atomic mass is 9.94. The van der Waals surface area contributed by atoms with Crippen molar-refractivity contribution in [2.75, 3.05) is 0 Å². The lowest BCUT2D eigenvalue weighted by Gasteiger charge is -2.00. The summed E-state index contributed by atoms with van der Waals surface area (Å²) in [4.78, 5) is 7.87. The Bertz CT molecular complexity index is 389. The Morgan fingerprint density at radius 2 is 2.08 bits per heavy atom. The molecule has 2 radical (unpaired) electrons. The maximum Gasteiger partial charge on any atom is 0.140 e. The fourth-order valence-corrected chi connectivity index (χ4v) is 1.27. The van der Waals surface area contributed by atoms with E-state index in [1.807, 2.05) is 12.1 Å². The topological polar surface area (TPSA) is 25.8 Å². The molecule has 1 heterocycles. The molecule has 0 aliphatic heterocycles. The van der Waals surface area contributed by atoms with Gasteiger partial charge in [-0.3, -0.25) is 0 Å². The van der Waals surface area contributed by atoms with Gasteiger partial charge in [-0.15, -0.1) is 0 Å². The fourth-order valence-electron chi connectivity index (χ4n) is 1.08. The van der Waals surface area contributed by atoms with Gasteiger partial charge in [0.15, 0.2) is 0 Å². The van der Waals surface area contributed by atoms with Gasteiger partial charge in [-0.25, -0.2) is 9.97 Å². The normalized spacial score (nSPS) is 10.4. The van der Waals surface area contributed by atoms with Crippen molar-refractivity contribution in [1.82, 2.24) is 9.97 Å². The molecule has 0 saturated heterocycles. The third-order valence-corrected chi connectivity index (χ3v) is 1.95. The molecule has 4 heteroatoms. The lowest BCUT2D eigenvalue weighted by molar-refractivity contribution is 1.23. The van der Waals surface area contributed by atoms with E-state index in [1.165, 1.54) is 6.33 Å². The quantitative estimate of drug-likeness (QED) is 0.441. The predicted octanol–water partition coefficient (Wildman–Crippen LogP) is 1.08. The number of para-hydroxylation sites is 1. The van der Waals surface area contributed by atoms with Crippen LogP contribution in [0.25, 0.3) is 10.9 Å². The Morgan fingerprint density at radius 1 is 1.25 bits per heavy atom. The van der Waals surface area contributed by atoms with Crippen molar-refractivity contribution in [2.45, 2.75) is 0 Å². The molecule has 0 aliphatic carbocycles. The zero-order chi connectivity index (χ0) is 8.55. The van der Waals surface area contributed by atoms with E-state index in [-0.39, 0.29) is 0 Å². The first kappa shape index (κ1) is 7.56. The first-order valence-electron chi connectivity index (χ1n) is 3.44. The highest BCUT2D eigenvalue weighted by Gasteiger charge is 2.00. The highest BCUT2D eigenvalue weighted by molar-refractivity contribution is 6.40. The molecule has 0 saturated carbocycles. The summed E-state index contributed by atoms with van der Waals surface area (Å²) in [6, 6.07) is 5.45. The van der Waals surface area contributed by atoms with E-state index in [0.717, 1.165) is 5.39 Å². The molecule has 0 fully saturated rings. The predicted molar refractivity (Wildman–Crippen MR) is 49.9 cm³/mol. The first-order chi connectivity index (χ1) is 5.79. The van der Waals surface area contributed by atoms with E-state index >= 15 is 0 Å². The average molecular weight is 174 g/mol. The smallest absolute Gasteiger partial charge is 0.140 e. The Morgan fingerprint density at radius 3 is 2.83 bits per heavy atom. The average Bonchev–Trinajstić information content (AvgIpc) is 2.07. The van der Waals surface area contributed by atoms with Crippen LogP contribution in [0.2, 0.25) is 5.15 Å². The SMILES string of the molecule is [B]c1cccc2c(Cl)ncnc12. The number of aromatic nitrogens is 2. The highest BCUT2D eigenvalue weighted by atomic mass is 35.5. The van der Waals surface area contributed by atoms with E-state index in [4.69, 9.17) is 19.4 Å². The second-order valence-electron chi connectivity index (χ2n) is 2.41. The van der Waals surface area contributed by atoms with Crippen LogP contribution in [0.15, 0.2) is 24.5 Å². The summed E-state index contributed by atoms with van der Waals surface area (Å²) in [5.74, 6) is 0. The molecular formula is C8H4BClN2. The van der Waals surface area contributed by atoms with Crippen LogP contribution in [-0.2, 0) is 0 Å². The third-order valence-electron chi connectivity index (χ3n) is 1.65. The molecule has 12 heavy (non-hydrogen) atoms. The second kappa shape index (κ2) is 2.75. The number of rotatable bonds is 0. The van der Waals surface area contributed by atoms with Crippen molar-refractivity contribution >= 4 is 35.8 Å². The van der Waals surface area contributed by atoms with Gasteiger partial charge in [-0.2, -0.15) is 0 Å². The van der Waals surface area contributed by atoms with Gasteiger partial charge in [-0.05, 0) is 6.07 Å². The van der Waals surface area contributed by atoms with Gasteiger partial charge in [0.25, 0.3) is 0 Å². The van der Waals surface area contributed by atoms with Crippen LogP contribution >= 0.6 is 11.6 Å². The third kappa shape index (κ3) is 1.06. The number of fused-ring (bicyclic) bond motifs is 1. The molecule has 2 aromatic rings. The fraction of sp³-hybridized carbons (Fsp3) is 0. The summed E-state index contributed by atoms with van der Waals surface area (Å²) in [7, 11) is 5.68. The van der Waals surface area contributed by atoms with Crippen LogP contribution in [0.1, 0.15) is 0 Å². The molecule has 2 nitrogen and oxygen atoms in total. The largest absolute Gasteiger partial charge is 0.237 e. The first-order valence-corrected chi connectivity index (χ1v) is 3.81. The number of hydrogen-bond acceptors (Lipinski definition) is 2. The zero-order valence-electron chi connectivity index (χ0n) is 6.16. The molecule has 0 atom stereocenters. The number of halogens is 1. The van der Waals surface area contributed by atoms with Crippen molar-refractivity contribution in [3.63, 3.8) is 0 Å². The van der Waals surface area contributed by atoms with E-state index in [2.05, 4.69) is 9.97 Å². The minimum Gasteiger partial charge on any atom is -0.237 e. The standard InChI is InChI=1S/C8H4BClN2/c9-6-3-1-2-5-7(6)11-4-12-8(5)10/h1-4H. The summed E-state index contributed by atoms with van der Waals surface area (Å²) in [5, 5.41) is 1.23. The Kier molecular flexibility index (Phi) is 1.73. The summed E-state index contributed by atoms with van der Waals surface area (Å²) >= 11 is 5.82. The maximum atomic E-state index is 5.82. The number of nitrogens with zero attached hydrogens (tertiary/aromatic N) is 2. The molecule has 0 aliphatic rings. The second-order valence-corrected chi connectivity index (χ2v) is 2.77. The van der Waals surface area contributed by atoms with Gasteiger partial charge in [0.1, 0.15) is 19.3 Å². The molecule has 0 N–H and O–H groups in total. The zero-order valence-corrected chi connectivity index (χ0v) is 6.92. The molecule has 0 amide bonds. The van der Waals surface area contributed by atoms with Gasteiger partial charge >= 0.3 is 0 Å². The van der Waals surface area contributed by atoms with E-state index < -0.39 is 0 Å². The van der Waals surface area contributed by atoms with Crippen molar-refractivity contribution in [3.8, 4) is 0 Å². The summed E-state index contributed by atoms with van der Waals surface area (Å²) in [5.41, 5.74) is 1.33. The van der Waals surface area contributed by atoms with Crippen LogP contribution in [-0.4, -0.2) is 17.8 Å². The minimum absolute atomic E-state index is 0.437. The Hall–Kier alpha value is -1.09. The van der Waals surface area contributed by atoms with Crippen LogP contribution < -0.4 is 5.46 Å². The summed E-state index contributed by atoms with van der Waals surface area (Å²) < 4.78 is 0. The Balaban J connectivity index is 2.94. The molecule has 1 aromatic carbocycles. The van der Waals surface area contributed by atoms with Crippen LogP contribution in [0.5, 0.6) is 0 Å². The van der Waals surface area contributed by atoms with Crippen molar-refractivity contribution in [3.05, 3.63) is 29.7 Å². The van der Waals surface area contributed by atoms with E-state index in [1.54, 1.807) is 6.07 Å². The summed E-state index contributed by atoms with van der Waals surface area (Å²) in [6.45, 7) is 0. The molecule has 2 rings (SSSR count). The maximum absolute atomic E-state index is 5.82. The lowest BCUT2D eigenvalue weighted by Crippen LogP contribution is -2.05. The van der Waals surface area contributed by atoms with E-state index in [9.17, 15) is 0 Å². The van der Waals surface area contributed by atoms with Gasteiger partial charge in [0.2, 0.25) is 0 Å².